The maximum Gasteiger partial charge on any atom is 0.472 e. The number of phosphoric acid groups is 2. The Balaban J connectivity index is 5.17. The van der Waals surface area contributed by atoms with E-state index in [4.69, 9.17) is 37.0 Å². The molecule has 0 amide bonds. The van der Waals surface area contributed by atoms with Crippen LogP contribution in [0.2, 0.25) is 0 Å². The third-order valence-corrected chi connectivity index (χ3v) is 19.6. The van der Waals surface area contributed by atoms with Gasteiger partial charge in [0.25, 0.3) is 0 Å². The van der Waals surface area contributed by atoms with Crippen LogP contribution in [-0.4, -0.2) is 96.7 Å². The molecule has 0 rings (SSSR count). The first-order chi connectivity index (χ1) is 43.7. The third kappa shape index (κ3) is 62.6. The lowest BCUT2D eigenvalue weighted by Gasteiger charge is -2.21. The van der Waals surface area contributed by atoms with E-state index in [-0.39, 0.29) is 25.7 Å². The van der Waals surface area contributed by atoms with Crippen molar-refractivity contribution in [1.29, 1.82) is 0 Å². The average molecular weight is 1340 g/mol. The molecule has 0 aliphatic heterocycles. The summed E-state index contributed by atoms with van der Waals surface area (Å²) in [6, 6.07) is 0. The average Bonchev–Trinajstić information content (AvgIpc) is 2.80. The molecule has 8 atom stereocenters. The molecular formula is C72H140O17P2. The van der Waals surface area contributed by atoms with E-state index in [9.17, 15) is 43.2 Å². The lowest BCUT2D eigenvalue weighted by molar-refractivity contribution is -0.161. The molecule has 0 aliphatic rings. The van der Waals surface area contributed by atoms with Gasteiger partial charge in [0, 0.05) is 25.7 Å². The molecule has 3 N–H and O–H groups in total. The molecule has 5 unspecified atom stereocenters. The number of ether oxygens (including phenoxy) is 4. The minimum atomic E-state index is -4.95. The van der Waals surface area contributed by atoms with Crippen molar-refractivity contribution >= 4 is 39.5 Å². The molecule has 0 heterocycles. The predicted octanol–water partition coefficient (Wildman–Crippen LogP) is 20.5. The van der Waals surface area contributed by atoms with Gasteiger partial charge in [-0.1, -0.05) is 306 Å². The van der Waals surface area contributed by atoms with Crippen molar-refractivity contribution in [3.8, 4) is 0 Å². The van der Waals surface area contributed by atoms with Crippen LogP contribution in [0.25, 0.3) is 0 Å². The summed E-state index contributed by atoms with van der Waals surface area (Å²) in [5.74, 6) is 0.869. The van der Waals surface area contributed by atoms with Crippen molar-refractivity contribution < 1.29 is 80.2 Å². The molecule has 540 valence electrons. The van der Waals surface area contributed by atoms with Crippen LogP contribution in [0.4, 0.5) is 0 Å². The highest BCUT2D eigenvalue weighted by molar-refractivity contribution is 7.47. The maximum absolute atomic E-state index is 13.0. The highest BCUT2D eigenvalue weighted by atomic mass is 31.2. The number of aliphatic hydroxyl groups is 1. The molecule has 91 heavy (non-hydrogen) atoms. The van der Waals surface area contributed by atoms with Gasteiger partial charge in [-0.15, -0.1) is 0 Å². The van der Waals surface area contributed by atoms with Crippen molar-refractivity contribution in [2.24, 2.45) is 23.7 Å². The van der Waals surface area contributed by atoms with E-state index in [2.05, 4.69) is 55.4 Å². The molecule has 0 spiro atoms. The summed E-state index contributed by atoms with van der Waals surface area (Å²) >= 11 is 0. The Morgan fingerprint density at radius 1 is 0.308 bits per heavy atom. The molecule has 0 fully saturated rings. The van der Waals surface area contributed by atoms with Crippen molar-refractivity contribution in [2.75, 3.05) is 39.6 Å². The summed E-state index contributed by atoms with van der Waals surface area (Å²) in [5.41, 5.74) is 0. The Hall–Kier alpha value is -1.94. The summed E-state index contributed by atoms with van der Waals surface area (Å²) in [4.78, 5) is 72.5. The Kier molecular flexibility index (Phi) is 60.3. The third-order valence-electron chi connectivity index (χ3n) is 17.7. The lowest BCUT2D eigenvalue weighted by Crippen LogP contribution is -2.30. The smallest absolute Gasteiger partial charge is 0.462 e. The number of phosphoric ester groups is 2. The Morgan fingerprint density at radius 3 is 0.780 bits per heavy atom. The topological polar surface area (TPSA) is 237 Å². The Morgan fingerprint density at radius 2 is 0.527 bits per heavy atom. The fourth-order valence-electron chi connectivity index (χ4n) is 10.7. The highest BCUT2D eigenvalue weighted by Crippen LogP contribution is 2.45. The molecular weight excluding hydrogens is 1200 g/mol. The quantitative estimate of drug-likeness (QED) is 0.0222. The summed E-state index contributed by atoms with van der Waals surface area (Å²) < 4.78 is 68.3. The minimum Gasteiger partial charge on any atom is -0.462 e. The number of esters is 4. The molecule has 0 bridgehead atoms. The van der Waals surface area contributed by atoms with Gasteiger partial charge in [0.2, 0.25) is 0 Å². The van der Waals surface area contributed by atoms with Gasteiger partial charge >= 0.3 is 39.5 Å². The molecule has 0 aliphatic carbocycles. The van der Waals surface area contributed by atoms with Crippen LogP contribution < -0.4 is 0 Å². The molecule has 0 saturated heterocycles. The number of rotatable bonds is 69. The number of hydrogen-bond acceptors (Lipinski definition) is 15. The summed E-state index contributed by atoms with van der Waals surface area (Å²) in [5, 5.41) is 10.6. The van der Waals surface area contributed by atoms with Crippen molar-refractivity contribution in [3.05, 3.63) is 0 Å². The van der Waals surface area contributed by atoms with Crippen LogP contribution >= 0.6 is 15.6 Å². The molecule has 0 aromatic heterocycles. The van der Waals surface area contributed by atoms with E-state index < -0.39 is 97.5 Å². The molecule has 17 nitrogen and oxygen atoms in total. The van der Waals surface area contributed by atoms with Crippen LogP contribution in [0.5, 0.6) is 0 Å². The lowest BCUT2D eigenvalue weighted by atomic mass is 10.00. The van der Waals surface area contributed by atoms with Crippen LogP contribution in [0.1, 0.15) is 357 Å². The van der Waals surface area contributed by atoms with Gasteiger partial charge in [-0.2, -0.15) is 0 Å². The van der Waals surface area contributed by atoms with Gasteiger partial charge in [-0.25, -0.2) is 9.13 Å². The zero-order valence-corrected chi connectivity index (χ0v) is 61.3. The first-order valence-corrected chi connectivity index (χ1v) is 40.3. The van der Waals surface area contributed by atoms with Gasteiger partial charge in [0.15, 0.2) is 12.2 Å². The summed E-state index contributed by atoms with van der Waals surface area (Å²) in [6.07, 6.45) is 44.7. The van der Waals surface area contributed by atoms with Crippen LogP contribution in [0.3, 0.4) is 0 Å². The van der Waals surface area contributed by atoms with Gasteiger partial charge in [0.05, 0.1) is 26.4 Å². The van der Waals surface area contributed by atoms with Crippen molar-refractivity contribution in [1.82, 2.24) is 0 Å². The summed E-state index contributed by atoms with van der Waals surface area (Å²) in [6.45, 7) is 14.1. The zero-order chi connectivity index (χ0) is 67.5. The van der Waals surface area contributed by atoms with E-state index in [0.29, 0.717) is 25.7 Å². The number of carbonyl (C=O) groups excluding carboxylic acids is 4. The highest BCUT2D eigenvalue weighted by Gasteiger charge is 2.30. The SMILES string of the molecule is CCC(C)CCCCCCCCC(=O)OC[C@H](COP(=O)(O)OC[C@H](O)COP(=O)(O)OC[C@@H](COC(=O)CCCCCCCCC(C)CC)OC(=O)CCCCCCCCC(C)CC)OC(=O)CCCCCCCCCCCCCCCCCCCCC(C)C. The van der Waals surface area contributed by atoms with Crippen LogP contribution in [0.15, 0.2) is 0 Å². The monoisotopic (exact) mass is 1340 g/mol. The Bertz CT molecular complexity index is 1800. The molecule has 0 radical (unpaired) electrons. The second-order valence-corrected chi connectivity index (χ2v) is 30.1. The molecule has 19 heteroatoms. The molecule has 0 aromatic carbocycles. The van der Waals surface area contributed by atoms with Crippen molar-refractivity contribution in [3.63, 3.8) is 0 Å². The van der Waals surface area contributed by atoms with Crippen LogP contribution in [-0.2, 0) is 65.4 Å². The standard InChI is InChI=1S/C72H140O17P2/c1-9-63(6)49-41-33-26-29-36-44-52-69(74)82-58-67(88-71(76)54-46-38-25-23-21-19-17-15-13-12-14-16-18-20-22-24-32-40-48-62(4)5)60-86-90(78,79)84-56-66(73)57-85-91(80,81)87-61-68(89-72(77)55-47-39-31-28-35-43-51-65(8)11-3)59-83-70(75)53-45-37-30-27-34-42-50-64(7)10-2/h62-68,73H,9-61H2,1-8H3,(H,78,79)(H,80,81)/t63?,64?,65?,66-,67+,68+/m0/s1. The van der Waals surface area contributed by atoms with Gasteiger partial charge in [0.1, 0.15) is 19.3 Å². The zero-order valence-electron chi connectivity index (χ0n) is 59.5. The maximum atomic E-state index is 13.0. The van der Waals surface area contributed by atoms with Gasteiger partial charge in [-0.3, -0.25) is 37.3 Å². The van der Waals surface area contributed by atoms with Gasteiger partial charge in [-0.05, 0) is 49.4 Å². The van der Waals surface area contributed by atoms with E-state index in [1.807, 2.05) is 0 Å². The predicted molar refractivity (Wildman–Crippen MR) is 367 cm³/mol. The van der Waals surface area contributed by atoms with E-state index in [1.165, 1.54) is 148 Å². The van der Waals surface area contributed by atoms with E-state index >= 15 is 0 Å². The first kappa shape index (κ1) is 89.1. The van der Waals surface area contributed by atoms with E-state index in [1.54, 1.807) is 0 Å². The molecule has 0 aromatic rings. The molecule has 0 saturated carbocycles. The van der Waals surface area contributed by atoms with Crippen LogP contribution in [0, 0.1) is 23.7 Å². The fourth-order valence-corrected chi connectivity index (χ4v) is 12.3. The number of aliphatic hydroxyl groups excluding tert-OH is 1. The second kappa shape index (κ2) is 61.6. The first-order valence-electron chi connectivity index (χ1n) is 37.3. The Labute approximate surface area is 556 Å². The largest absolute Gasteiger partial charge is 0.472 e. The van der Waals surface area contributed by atoms with Crippen molar-refractivity contribution in [2.45, 2.75) is 375 Å². The minimum absolute atomic E-state index is 0.102. The number of hydrogen-bond donors (Lipinski definition) is 3. The number of carbonyl (C=O) groups is 4. The van der Waals surface area contributed by atoms with E-state index in [0.717, 1.165) is 126 Å². The second-order valence-electron chi connectivity index (χ2n) is 27.2. The number of unbranched alkanes of at least 4 members (excludes halogenated alkanes) is 32. The summed E-state index contributed by atoms with van der Waals surface area (Å²) in [7, 11) is -9.90. The van der Waals surface area contributed by atoms with Gasteiger partial charge < -0.3 is 33.8 Å². The fraction of sp³-hybridized carbons (Fsp3) is 0.944. The normalized spacial score (nSPS) is 15.1.